The van der Waals surface area contributed by atoms with Crippen molar-refractivity contribution in [2.24, 2.45) is 17.8 Å². The fourth-order valence-electron chi connectivity index (χ4n) is 3.96. The van der Waals surface area contributed by atoms with Crippen molar-refractivity contribution in [3.05, 3.63) is 0 Å². The number of morpholine rings is 1. The molecule has 0 bridgehead atoms. The van der Waals surface area contributed by atoms with Crippen LogP contribution in [0.4, 0.5) is 0 Å². The summed E-state index contributed by atoms with van der Waals surface area (Å²) in [5.41, 5.74) is 1.65. The van der Waals surface area contributed by atoms with Crippen molar-refractivity contribution in [3.63, 3.8) is 0 Å². The maximum Gasteiger partial charge on any atom is 0.248 e. The number of nitrogens with zero attached hydrogens (tertiary/aromatic N) is 1. The molecular formula is C17H31N3O6S. The second-order valence-electron chi connectivity index (χ2n) is 7.54. The molecule has 2 aliphatic rings. The monoisotopic (exact) mass is 405 g/mol. The van der Waals surface area contributed by atoms with E-state index in [2.05, 4.69) is 5.32 Å². The predicted molar refractivity (Wildman–Crippen MR) is 98.6 cm³/mol. The Balaban J connectivity index is 2.15. The first-order chi connectivity index (χ1) is 12.8. The zero-order valence-electron chi connectivity index (χ0n) is 15.9. The summed E-state index contributed by atoms with van der Waals surface area (Å²) in [6.45, 7) is 1.89. The predicted octanol–water partition coefficient (Wildman–Crippen LogP) is -0.245. The molecule has 0 aromatic heterocycles. The van der Waals surface area contributed by atoms with Gasteiger partial charge in [0, 0.05) is 25.9 Å². The number of nitrogens with one attached hydrogen (secondary N) is 2. The maximum absolute atomic E-state index is 13.2. The van der Waals surface area contributed by atoms with E-state index in [1.807, 2.05) is 0 Å². The van der Waals surface area contributed by atoms with Crippen LogP contribution in [-0.2, 0) is 24.2 Å². The van der Waals surface area contributed by atoms with E-state index in [0.29, 0.717) is 38.6 Å². The molecule has 27 heavy (non-hydrogen) atoms. The molecule has 2 amide bonds. The highest BCUT2D eigenvalue weighted by atomic mass is 32.2. The number of ether oxygens (including phenoxy) is 1. The molecule has 1 saturated carbocycles. The van der Waals surface area contributed by atoms with Crippen LogP contribution >= 0.6 is 0 Å². The molecule has 2 atom stereocenters. The number of rotatable bonds is 9. The lowest BCUT2D eigenvalue weighted by Crippen LogP contribution is -2.50. The smallest absolute Gasteiger partial charge is 0.248 e. The summed E-state index contributed by atoms with van der Waals surface area (Å²) in [5, 5.41) is 11.9. The minimum absolute atomic E-state index is 0.00687. The zero-order valence-corrected chi connectivity index (χ0v) is 16.7. The van der Waals surface area contributed by atoms with Gasteiger partial charge in [0.15, 0.2) is 9.84 Å². The van der Waals surface area contributed by atoms with E-state index in [9.17, 15) is 23.2 Å². The molecule has 156 valence electrons. The highest BCUT2D eigenvalue weighted by Crippen LogP contribution is 2.34. The summed E-state index contributed by atoms with van der Waals surface area (Å²) < 4.78 is 28.1. The van der Waals surface area contributed by atoms with Gasteiger partial charge in [0.2, 0.25) is 11.8 Å². The van der Waals surface area contributed by atoms with E-state index in [4.69, 9.17) is 4.74 Å². The zero-order chi connectivity index (χ0) is 19.9. The van der Waals surface area contributed by atoms with Gasteiger partial charge < -0.3 is 15.0 Å². The van der Waals surface area contributed by atoms with Gasteiger partial charge in [0.05, 0.1) is 30.9 Å². The molecule has 0 aromatic rings. The van der Waals surface area contributed by atoms with Gasteiger partial charge >= 0.3 is 0 Å². The Kier molecular flexibility index (Phi) is 8.46. The van der Waals surface area contributed by atoms with Crippen molar-refractivity contribution in [1.29, 1.82) is 0 Å². The maximum atomic E-state index is 13.2. The highest BCUT2D eigenvalue weighted by Gasteiger charge is 2.38. The van der Waals surface area contributed by atoms with Crippen LogP contribution < -0.4 is 10.8 Å². The lowest BCUT2D eigenvalue weighted by atomic mass is 9.82. The summed E-state index contributed by atoms with van der Waals surface area (Å²) in [7, 11) is -3.26. The summed E-state index contributed by atoms with van der Waals surface area (Å²) >= 11 is 0. The summed E-state index contributed by atoms with van der Waals surface area (Å²) in [4.78, 5) is 27.2. The minimum Gasteiger partial charge on any atom is -0.378 e. The fraction of sp³-hybridized carbons (Fsp3) is 0.882. The molecule has 2 rings (SSSR count). The lowest BCUT2D eigenvalue weighted by molar-refractivity contribution is -0.148. The van der Waals surface area contributed by atoms with Crippen LogP contribution in [-0.4, -0.2) is 75.3 Å². The molecule has 10 heteroatoms. The van der Waals surface area contributed by atoms with Gasteiger partial charge in [-0.2, -0.15) is 0 Å². The number of sulfone groups is 1. The first-order valence-electron chi connectivity index (χ1n) is 9.50. The molecule has 2 fully saturated rings. The molecular weight excluding hydrogens is 374 g/mol. The summed E-state index contributed by atoms with van der Waals surface area (Å²) in [6.07, 6.45) is 5.94. The van der Waals surface area contributed by atoms with Gasteiger partial charge in [-0.15, -0.1) is 0 Å². The van der Waals surface area contributed by atoms with Crippen LogP contribution in [0.15, 0.2) is 0 Å². The van der Waals surface area contributed by atoms with Crippen molar-refractivity contribution < 1.29 is 28.0 Å². The van der Waals surface area contributed by atoms with Crippen molar-refractivity contribution in [3.8, 4) is 0 Å². The number of carbonyl (C=O) groups excluding carboxylic acids is 2. The fourth-order valence-corrected chi connectivity index (χ4v) is 4.45. The number of amides is 2. The molecule has 3 N–H and O–H groups in total. The Morgan fingerprint density at radius 3 is 2.37 bits per heavy atom. The van der Waals surface area contributed by atoms with Gasteiger partial charge in [0.1, 0.15) is 0 Å². The molecule has 1 aliphatic carbocycles. The van der Waals surface area contributed by atoms with Crippen LogP contribution in [0, 0.1) is 17.8 Å². The first-order valence-corrected chi connectivity index (χ1v) is 11.6. The third-order valence-corrected chi connectivity index (χ3v) is 6.09. The van der Waals surface area contributed by atoms with Gasteiger partial charge in [-0.25, -0.2) is 13.9 Å². The van der Waals surface area contributed by atoms with Crippen LogP contribution in [0.5, 0.6) is 0 Å². The van der Waals surface area contributed by atoms with E-state index in [1.54, 1.807) is 10.4 Å². The second-order valence-corrected chi connectivity index (χ2v) is 9.68. The third kappa shape index (κ3) is 7.02. The SMILES string of the molecule is CS(=O)(=O)CNCC(C(=O)NO)C(CC1CCCC1)C(=O)N1CCOCC1. The first kappa shape index (κ1) is 22.1. The van der Waals surface area contributed by atoms with Crippen molar-refractivity contribution >= 4 is 21.7 Å². The van der Waals surface area contributed by atoms with E-state index in [0.717, 1.165) is 31.9 Å². The average Bonchev–Trinajstić information content (AvgIpc) is 3.15. The van der Waals surface area contributed by atoms with E-state index in [-0.39, 0.29) is 18.3 Å². The highest BCUT2D eigenvalue weighted by molar-refractivity contribution is 7.90. The normalized spacial score (nSPS) is 21.0. The van der Waals surface area contributed by atoms with Gasteiger partial charge in [-0.1, -0.05) is 25.7 Å². The Morgan fingerprint density at radius 1 is 1.19 bits per heavy atom. The number of hydroxylamine groups is 1. The lowest BCUT2D eigenvalue weighted by Gasteiger charge is -2.34. The number of carbonyl (C=O) groups is 2. The Hall–Kier alpha value is -1.23. The van der Waals surface area contributed by atoms with Crippen LogP contribution in [0.25, 0.3) is 0 Å². The number of hydrogen-bond acceptors (Lipinski definition) is 7. The topological polar surface area (TPSA) is 125 Å². The van der Waals surface area contributed by atoms with Crippen molar-refractivity contribution in [1.82, 2.24) is 15.7 Å². The Bertz CT molecular complexity index is 600. The third-order valence-electron chi connectivity index (χ3n) is 5.36. The van der Waals surface area contributed by atoms with Gasteiger partial charge in [0.25, 0.3) is 0 Å². The summed E-state index contributed by atoms with van der Waals surface area (Å²) in [6, 6.07) is 0. The molecule has 1 aliphatic heterocycles. The molecule has 9 nitrogen and oxygen atoms in total. The quantitative estimate of drug-likeness (QED) is 0.357. The largest absolute Gasteiger partial charge is 0.378 e. The average molecular weight is 406 g/mol. The summed E-state index contributed by atoms with van der Waals surface area (Å²) in [5.74, 6) is -2.16. The molecule has 0 spiro atoms. The number of hydrogen-bond donors (Lipinski definition) is 3. The van der Waals surface area contributed by atoms with Crippen LogP contribution in [0.2, 0.25) is 0 Å². The Morgan fingerprint density at radius 2 is 1.81 bits per heavy atom. The van der Waals surface area contributed by atoms with Crippen molar-refractivity contribution in [2.45, 2.75) is 32.1 Å². The molecule has 1 saturated heterocycles. The van der Waals surface area contributed by atoms with Gasteiger partial charge in [-0.05, 0) is 12.3 Å². The van der Waals surface area contributed by atoms with E-state index in [1.165, 1.54) is 0 Å². The minimum atomic E-state index is -3.26. The molecule has 2 unspecified atom stereocenters. The van der Waals surface area contributed by atoms with Crippen LogP contribution in [0.3, 0.4) is 0 Å². The van der Waals surface area contributed by atoms with E-state index < -0.39 is 27.6 Å². The second kappa shape index (κ2) is 10.4. The van der Waals surface area contributed by atoms with Crippen LogP contribution in [0.1, 0.15) is 32.1 Å². The van der Waals surface area contributed by atoms with Gasteiger partial charge in [-0.3, -0.25) is 14.8 Å². The van der Waals surface area contributed by atoms with Crippen molar-refractivity contribution in [2.75, 3.05) is 45.0 Å². The molecule has 1 heterocycles. The molecule has 0 aromatic carbocycles. The standard InChI is InChI=1S/C17H31N3O6S/c1-27(24,25)12-18-11-15(16(21)19-23)14(10-13-4-2-3-5-13)17(22)20-6-8-26-9-7-20/h13-15,18,23H,2-12H2,1H3,(H,19,21). The molecule has 0 radical (unpaired) electrons. The Labute approximate surface area is 160 Å². The van der Waals surface area contributed by atoms with E-state index >= 15 is 0 Å².